The number of thioether (sulfide) groups is 1. The third-order valence-electron chi connectivity index (χ3n) is 5.00. The molecule has 5 heteroatoms. The molecule has 2 rings (SSSR count). The zero-order valence-corrected chi connectivity index (χ0v) is 15.3. The zero-order valence-electron chi connectivity index (χ0n) is 14.4. The van der Waals surface area contributed by atoms with Gasteiger partial charge in [-0.1, -0.05) is 19.3 Å². The van der Waals surface area contributed by atoms with Gasteiger partial charge in [0, 0.05) is 38.8 Å². The van der Waals surface area contributed by atoms with Gasteiger partial charge in [-0.25, -0.2) is 0 Å². The molecule has 1 aliphatic carbocycles. The molecule has 0 atom stereocenters. The van der Waals surface area contributed by atoms with E-state index in [2.05, 4.69) is 26.8 Å². The smallest absolute Gasteiger partial charge is 0.191 e. The zero-order chi connectivity index (χ0) is 15.6. The maximum atomic E-state index is 4.36. The van der Waals surface area contributed by atoms with Crippen LogP contribution in [0.1, 0.15) is 51.4 Å². The molecule has 0 amide bonds. The first-order chi connectivity index (χ1) is 10.8. The predicted molar refractivity (Wildman–Crippen MR) is 99.0 cm³/mol. The normalized spacial score (nSPS) is 22.7. The molecule has 0 aromatic carbocycles. The molecule has 1 saturated heterocycles. The predicted octanol–water partition coefficient (Wildman–Crippen LogP) is 2.70. The van der Waals surface area contributed by atoms with E-state index >= 15 is 0 Å². The van der Waals surface area contributed by atoms with Gasteiger partial charge in [-0.3, -0.25) is 4.99 Å². The molecule has 0 unspecified atom stereocenters. The fraction of sp³-hybridized carbons (Fsp3) is 0.941. The Morgan fingerprint density at radius 1 is 1.14 bits per heavy atom. The third kappa shape index (κ3) is 5.99. The molecule has 22 heavy (non-hydrogen) atoms. The molecule has 1 aliphatic heterocycles. The third-order valence-corrected chi connectivity index (χ3v) is 5.70. The average Bonchev–Trinajstić information content (AvgIpc) is 2.59. The van der Waals surface area contributed by atoms with Gasteiger partial charge in [0.2, 0.25) is 0 Å². The molecule has 1 saturated carbocycles. The Morgan fingerprint density at radius 3 is 2.50 bits per heavy atom. The molecular formula is C17H34N4S. The number of likely N-dealkylation sites (tertiary alicyclic amines) is 1. The Hall–Kier alpha value is -0.420. The van der Waals surface area contributed by atoms with Crippen LogP contribution in [0.3, 0.4) is 0 Å². The van der Waals surface area contributed by atoms with Crippen LogP contribution in [-0.2, 0) is 0 Å². The Bertz CT molecular complexity index is 321. The molecular weight excluding hydrogens is 292 g/mol. The molecule has 2 N–H and O–H groups in total. The van der Waals surface area contributed by atoms with Crippen molar-refractivity contribution in [2.45, 2.75) is 63.5 Å². The first-order valence-electron chi connectivity index (χ1n) is 9.03. The summed E-state index contributed by atoms with van der Waals surface area (Å²) in [4.78, 5) is 7.10. The molecule has 0 radical (unpaired) electrons. The van der Waals surface area contributed by atoms with E-state index in [9.17, 15) is 0 Å². The largest absolute Gasteiger partial charge is 0.356 e. The Kier molecular flexibility index (Phi) is 8.45. The van der Waals surface area contributed by atoms with Gasteiger partial charge in [0.25, 0.3) is 0 Å². The van der Waals surface area contributed by atoms with Crippen molar-refractivity contribution in [3.8, 4) is 0 Å². The number of rotatable bonds is 6. The van der Waals surface area contributed by atoms with E-state index in [-0.39, 0.29) is 0 Å². The molecule has 0 spiro atoms. The number of nitrogens with one attached hydrogen (secondary N) is 2. The second kappa shape index (κ2) is 10.4. The summed E-state index contributed by atoms with van der Waals surface area (Å²) in [6.45, 7) is 3.53. The molecule has 0 aromatic heterocycles. The van der Waals surface area contributed by atoms with Crippen molar-refractivity contribution < 1.29 is 0 Å². The maximum Gasteiger partial charge on any atom is 0.191 e. The second-order valence-electron chi connectivity index (χ2n) is 6.59. The maximum absolute atomic E-state index is 4.36. The number of hydrogen-bond donors (Lipinski definition) is 2. The van der Waals surface area contributed by atoms with Crippen molar-refractivity contribution in [2.75, 3.05) is 38.7 Å². The van der Waals surface area contributed by atoms with Crippen LogP contribution in [0.15, 0.2) is 4.99 Å². The van der Waals surface area contributed by atoms with Gasteiger partial charge in [-0.2, -0.15) is 11.8 Å². The summed E-state index contributed by atoms with van der Waals surface area (Å²) in [5.41, 5.74) is 0. The van der Waals surface area contributed by atoms with Crippen LogP contribution in [-0.4, -0.2) is 61.6 Å². The van der Waals surface area contributed by atoms with Gasteiger partial charge < -0.3 is 15.5 Å². The summed E-state index contributed by atoms with van der Waals surface area (Å²) >= 11 is 1.90. The van der Waals surface area contributed by atoms with Gasteiger partial charge >= 0.3 is 0 Å². The molecule has 128 valence electrons. The van der Waals surface area contributed by atoms with E-state index in [1.165, 1.54) is 70.2 Å². The lowest BCUT2D eigenvalue weighted by molar-refractivity contribution is 0.119. The first kappa shape index (κ1) is 17.9. The van der Waals surface area contributed by atoms with Crippen molar-refractivity contribution in [2.24, 2.45) is 4.99 Å². The Morgan fingerprint density at radius 2 is 1.86 bits per heavy atom. The van der Waals surface area contributed by atoms with Gasteiger partial charge in [0.05, 0.1) is 0 Å². The quantitative estimate of drug-likeness (QED) is 0.447. The molecule has 1 heterocycles. The number of hydrogen-bond acceptors (Lipinski definition) is 3. The van der Waals surface area contributed by atoms with Crippen molar-refractivity contribution in [1.29, 1.82) is 0 Å². The fourth-order valence-corrected chi connectivity index (χ4v) is 4.10. The van der Waals surface area contributed by atoms with E-state index in [1.54, 1.807) is 0 Å². The van der Waals surface area contributed by atoms with E-state index in [0.29, 0.717) is 6.04 Å². The van der Waals surface area contributed by atoms with Crippen LogP contribution < -0.4 is 10.6 Å². The standard InChI is InChI=1S/C17H34N4S/c1-18-17(19-11-6-14-22-2)20-15-9-12-21(13-10-15)16-7-4-3-5-8-16/h15-16H,3-14H2,1-2H3,(H2,18,19,20). The highest BCUT2D eigenvalue weighted by molar-refractivity contribution is 7.98. The van der Waals surface area contributed by atoms with Gasteiger partial charge in [-0.15, -0.1) is 0 Å². The summed E-state index contributed by atoms with van der Waals surface area (Å²) in [7, 11) is 1.88. The minimum absolute atomic E-state index is 0.589. The molecule has 0 aromatic rings. The summed E-state index contributed by atoms with van der Waals surface area (Å²) in [6, 6.07) is 1.46. The van der Waals surface area contributed by atoms with E-state index in [1.807, 2.05) is 18.8 Å². The van der Waals surface area contributed by atoms with Crippen LogP contribution in [0.25, 0.3) is 0 Å². The highest BCUT2D eigenvalue weighted by Gasteiger charge is 2.26. The van der Waals surface area contributed by atoms with Crippen LogP contribution in [0.2, 0.25) is 0 Å². The number of piperidine rings is 1. The van der Waals surface area contributed by atoms with Crippen LogP contribution in [0.4, 0.5) is 0 Å². The fourth-order valence-electron chi connectivity index (χ4n) is 3.67. The number of nitrogens with zero attached hydrogens (tertiary/aromatic N) is 2. The summed E-state index contributed by atoms with van der Waals surface area (Å²) in [5, 5.41) is 7.05. The van der Waals surface area contributed by atoms with Crippen molar-refractivity contribution in [3.63, 3.8) is 0 Å². The monoisotopic (exact) mass is 326 g/mol. The van der Waals surface area contributed by atoms with Crippen LogP contribution in [0.5, 0.6) is 0 Å². The van der Waals surface area contributed by atoms with Crippen molar-refractivity contribution in [3.05, 3.63) is 0 Å². The Balaban J connectivity index is 1.65. The summed E-state index contributed by atoms with van der Waals surface area (Å²) in [5.74, 6) is 2.20. The SMILES string of the molecule is CN=C(NCCCSC)NC1CCN(C2CCCCC2)CC1. The molecule has 2 aliphatic rings. The molecule has 2 fully saturated rings. The minimum atomic E-state index is 0.589. The lowest BCUT2D eigenvalue weighted by Gasteiger charge is -2.39. The second-order valence-corrected chi connectivity index (χ2v) is 7.58. The topological polar surface area (TPSA) is 39.7 Å². The summed E-state index contributed by atoms with van der Waals surface area (Å²) < 4.78 is 0. The Labute approximate surface area is 140 Å². The van der Waals surface area contributed by atoms with Gasteiger partial charge in [0.15, 0.2) is 5.96 Å². The molecule has 0 bridgehead atoms. The number of aliphatic imine (C=N–C) groups is 1. The van der Waals surface area contributed by atoms with Crippen molar-refractivity contribution >= 4 is 17.7 Å². The van der Waals surface area contributed by atoms with Gasteiger partial charge in [-0.05, 0) is 44.1 Å². The van der Waals surface area contributed by atoms with Crippen LogP contribution in [0, 0.1) is 0 Å². The summed E-state index contributed by atoms with van der Waals surface area (Å²) in [6.07, 6.45) is 13.0. The van der Waals surface area contributed by atoms with E-state index < -0.39 is 0 Å². The van der Waals surface area contributed by atoms with E-state index in [0.717, 1.165) is 18.5 Å². The lowest BCUT2D eigenvalue weighted by Crippen LogP contribution is -2.51. The highest BCUT2D eigenvalue weighted by atomic mass is 32.2. The van der Waals surface area contributed by atoms with E-state index in [4.69, 9.17) is 0 Å². The van der Waals surface area contributed by atoms with Gasteiger partial charge in [0.1, 0.15) is 0 Å². The lowest BCUT2D eigenvalue weighted by atomic mass is 9.92. The molecule has 4 nitrogen and oxygen atoms in total. The van der Waals surface area contributed by atoms with Crippen LogP contribution >= 0.6 is 11.8 Å². The first-order valence-corrected chi connectivity index (χ1v) is 10.4. The van der Waals surface area contributed by atoms with Crippen molar-refractivity contribution in [1.82, 2.24) is 15.5 Å². The highest BCUT2D eigenvalue weighted by Crippen LogP contribution is 2.25. The number of guanidine groups is 1. The minimum Gasteiger partial charge on any atom is -0.356 e. The average molecular weight is 327 g/mol.